The Kier molecular flexibility index (Phi) is 7.79. The van der Waals surface area contributed by atoms with Crippen molar-refractivity contribution in [1.82, 2.24) is 14.4 Å². The van der Waals surface area contributed by atoms with Gasteiger partial charge in [-0.1, -0.05) is 146 Å². The Morgan fingerprint density at radius 2 is 1.12 bits per heavy atom. The average molecular weight is 755 g/mol. The summed E-state index contributed by atoms with van der Waals surface area (Å²) in [6.07, 6.45) is 1.87. The van der Waals surface area contributed by atoms with Gasteiger partial charge in [-0.05, 0) is 88.5 Å². The summed E-state index contributed by atoms with van der Waals surface area (Å²) in [5, 5.41) is 12.9. The molecule has 3 aromatic heterocycles. The molecule has 3 heterocycles. The Bertz CT molecular complexity index is 3170. The molecule has 8 aromatic carbocycles. The van der Waals surface area contributed by atoms with Crippen LogP contribution in [0, 0.1) is 0 Å². The molecule has 0 aliphatic carbocycles. The quantitative estimate of drug-likeness (QED) is 0.136. The zero-order chi connectivity index (χ0) is 37.2. The number of benzene rings is 8. The molecule has 11 rings (SSSR count). The van der Waals surface area contributed by atoms with Crippen LogP contribution in [0.1, 0.15) is 0 Å². The first kappa shape index (κ1) is 33.1. The number of nitrogens with zero attached hydrogens (tertiary/aromatic N) is 3. The van der Waals surface area contributed by atoms with Crippen molar-refractivity contribution in [3.05, 3.63) is 200 Å². The van der Waals surface area contributed by atoms with Gasteiger partial charge in [-0.3, -0.25) is 9.38 Å². The highest BCUT2D eigenvalue weighted by Gasteiger charge is 2.47. The third kappa shape index (κ3) is 5.19. The topological polar surface area (TPSA) is 50.4 Å². The fourth-order valence-corrected chi connectivity index (χ4v) is 13.5. The van der Waals surface area contributed by atoms with Gasteiger partial charge in [0.2, 0.25) is 7.49 Å². The highest BCUT2D eigenvalue weighted by atomic mass is 31.2. The summed E-state index contributed by atoms with van der Waals surface area (Å²) in [4.78, 5) is 24.2. The van der Waals surface area contributed by atoms with Crippen LogP contribution >= 0.6 is 15.4 Å². The number of para-hydroxylation sites is 3. The minimum Gasteiger partial charge on any atom is -0.292 e. The number of hydrogen-bond acceptors (Lipinski definition) is 3. The summed E-state index contributed by atoms with van der Waals surface area (Å²) in [6, 6.07) is 68.5. The van der Waals surface area contributed by atoms with Gasteiger partial charge in [0.15, 0.2) is 10.6 Å². The van der Waals surface area contributed by atoms with Gasteiger partial charge in [-0.15, -0.1) is 0 Å². The van der Waals surface area contributed by atoms with E-state index in [0.717, 1.165) is 75.9 Å². The molecule has 1 N–H and O–H groups in total. The van der Waals surface area contributed by atoms with E-state index in [2.05, 4.69) is 180 Å². The lowest BCUT2D eigenvalue weighted by Crippen LogP contribution is -2.31. The lowest BCUT2D eigenvalue weighted by molar-refractivity contribution is 0.633. The number of rotatable bonds is 6. The van der Waals surface area contributed by atoms with E-state index in [9.17, 15) is 4.89 Å². The van der Waals surface area contributed by atoms with Crippen LogP contribution < -0.4 is 31.8 Å². The molecule has 4 nitrogen and oxygen atoms in total. The first-order valence-corrected chi connectivity index (χ1v) is 21.9. The van der Waals surface area contributed by atoms with Crippen molar-refractivity contribution in [3.63, 3.8) is 0 Å². The van der Waals surface area contributed by atoms with E-state index in [0.29, 0.717) is 0 Å². The highest BCUT2D eigenvalue weighted by Crippen LogP contribution is 2.53. The average Bonchev–Trinajstić information content (AvgIpc) is 3.67. The molecule has 0 saturated heterocycles. The minimum absolute atomic E-state index is 0.793. The predicted molar refractivity (Wildman–Crippen MR) is 240 cm³/mol. The number of aromatic nitrogens is 3. The van der Waals surface area contributed by atoms with E-state index in [1.807, 2.05) is 24.4 Å². The Morgan fingerprint density at radius 1 is 0.464 bits per heavy atom. The summed E-state index contributed by atoms with van der Waals surface area (Å²) in [7, 11) is -4.13. The molecule has 0 amide bonds. The monoisotopic (exact) mass is 754 g/mol. The zero-order valence-electron chi connectivity index (χ0n) is 30.2. The standard InChI is InChI=1S/C50H34N3OP2/c54-56(40-28-26-34-14-7-8-15-35(34)30-40,41-31-36-16-9-11-22-45(36)51-33-41)48-25-13-24-47-49(48)52-50-44-32-39(27-29-42(44)43-21-10-12-23-46(43)53(47)50)55(37-17-3-1-4-18-37)38-19-5-2-6-20-38/h1-33,54H/q+1. The molecule has 0 bridgehead atoms. The van der Waals surface area contributed by atoms with Crippen LogP contribution in [0.4, 0.5) is 0 Å². The molecule has 1 unspecified atom stereocenters. The molecule has 0 spiro atoms. The second-order valence-electron chi connectivity index (χ2n) is 14.2. The lowest BCUT2D eigenvalue weighted by atomic mass is 10.1. The zero-order valence-corrected chi connectivity index (χ0v) is 32.0. The number of fused-ring (bicyclic) bond motifs is 10. The third-order valence-corrected chi connectivity index (χ3v) is 16.5. The number of hydrogen-bond donors (Lipinski definition) is 1. The first-order chi connectivity index (χ1) is 27.6. The Hall–Kier alpha value is -6.28. The van der Waals surface area contributed by atoms with Gasteiger partial charge in [-0.25, -0.2) is 9.88 Å². The van der Waals surface area contributed by atoms with Gasteiger partial charge in [0.1, 0.15) is 16.5 Å². The minimum atomic E-state index is -3.30. The fourth-order valence-electron chi connectivity index (χ4n) is 8.40. The lowest BCUT2D eigenvalue weighted by Gasteiger charge is -2.21. The molecule has 0 saturated carbocycles. The largest absolute Gasteiger partial charge is 0.292 e. The molecular formula is C50H34N3OP2+. The number of pyridine rings is 2. The molecule has 0 aliphatic heterocycles. The van der Waals surface area contributed by atoms with Crippen molar-refractivity contribution in [2.45, 2.75) is 0 Å². The van der Waals surface area contributed by atoms with E-state index in [4.69, 9.17) is 9.97 Å². The molecular weight excluding hydrogens is 721 g/mol. The Labute approximate surface area is 325 Å². The molecule has 264 valence electrons. The second kappa shape index (κ2) is 13.2. The van der Waals surface area contributed by atoms with Crippen molar-refractivity contribution < 1.29 is 4.89 Å². The molecule has 1 atom stereocenters. The smallest absolute Gasteiger partial charge is 0.242 e. The van der Waals surface area contributed by atoms with Crippen LogP contribution in [0.3, 0.4) is 0 Å². The van der Waals surface area contributed by atoms with Gasteiger partial charge in [0, 0.05) is 16.2 Å². The van der Waals surface area contributed by atoms with E-state index in [-0.39, 0.29) is 0 Å². The number of imidazole rings is 1. The van der Waals surface area contributed by atoms with Crippen LogP contribution in [-0.4, -0.2) is 19.3 Å². The van der Waals surface area contributed by atoms with Crippen LogP contribution in [0.15, 0.2) is 200 Å². The van der Waals surface area contributed by atoms with Crippen molar-refractivity contribution in [2.24, 2.45) is 0 Å². The van der Waals surface area contributed by atoms with E-state index >= 15 is 0 Å². The molecule has 6 heteroatoms. The summed E-state index contributed by atoms with van der Waals surface area (Å²) < 4.78 is 2.30. The maximum absolute atomic E-state index is 13.7. The SMILES string of the molecule is O[P+](c1ccc2ccccc2c1)(c1cnc2ccccc2c1)c1cccc2c1nc1c3cc(P(c4ccccc4)c4ccccc4)ccc3c3ccccc3n21. The van der Waals surface area contributed by atoms with Gasteiger partial charge >= 0.3 is 0 Å². The molecule has 0 radical (unpaired) electrons. The highest BCUT2D eigenvalue weighted by molar-refractivity contribution is 7.91. The fraction of sp³-hybridized carbons (Fsp3) is 0. The van der Waals surface area contributed by atoms with Gasteiger partial charge in [0.05, 0.1) is 22.7 Å². The van der Waals surface area contributed by atoms with E-state index < -0.39 is 15.4 Å². The van der Waals surface area contributed by atoms with Crippen LogP contribution in [0.2, 0.25) is 0 Å². The van der Waals surface area contributed by atoms with Crippen LogP contribution in [0.25, 0.3) is 60.0 Å². The maximum Gasteiger partial charge on any atom is 0.242 e. The van der Waals surface area contributed by atoms with Crippen molar-refractivity contribution >= 4 is 107 Å². The van der Waals surface area contributed by atoms with E-state index in [1.165, 1.54) is 15.9 Å². The van der Waals surface area contributed by atoms with Crippen molar-refractivity contribution in [2.75, 3.05) is 0 Å². The molecule has 11 aromatic rings. The van der Waals surface area contributed by atoms with Crippen LogP contribution in [-0.2, 0) is 0 Å². The van der Waals surface area contributed by atoms with Gasteiger partial charge in [0.25, 0.3) is 0 Å². The predicted octanol–water partition coefficient (Wildman–Crippen LogP) is 9.45. The molecule has 56 heavy (non-hydrogen) atoms. The van der Waals surface area contributed by atoms with Crippen molar-refractivity contribution in [1.29, 1.82) is 0 Å². The molecule has 0 aliphatic rings. The third-order valence-electron chi connectivity index (χ3n) is 11.0. The maximum atomic E-state index is 13.7. The van der Waals surface area contributed by atoms with Gasteiger partial charge < -0.3 is 0 Å². The van der Waals surface area contributed by atoms with Gasteiger partial charge in [-0.2, -0.15) is 0 Å². The normalized spacial score (nSPS) is 13.0. The summed E-state index contributed by atoms with van der Waals surface area (Å²) in [5.41, 5.74) is 4.60. The molecule has 0 fully saturated rings. The van der Waals surface area contributed by atoms with E-state index in [1.54, 1.807) is 0 Å². The first-order valence-electron chi connectivity index (χ1n) is 18.8. The summed E-state index contributed by atoms with van der Waals surface area (Å²) in [6.45, 7) is 0. The second-order valence-corrected chi connectivity index (χ2v) is 19.2. The van der Waals surface area contributed by atoms with Crippen LogP contribution in [0.5, 0.6) is 0 Å². The summed E-state index contributed by atoms with van der Waals surface area (Å²) in [5.74, 6) is 0. The Balaban J connectivity index is 1.22. The van der Waals surface area contributed by atoms with Crippen molar-refractivity contribution in [3.8, 4) is 0 Å². The summed E-state index contributed by atoms with van der Waals surface area (Å²) >= 11 is 0. The Morgan fingerprint density at radius 3 is 1.93 bits per heavy atom.